The van der Waals surface area contributed by atoms with Crippen LogP contribution in [0, 0.1) is 0 Å². The summed E-state index contributed by atoms with van der Waals surface area (Å²) in [5.74, 6) is 1.01. The van der Waals surface area contributed by atoms with Gasteiger partial charge >= 0.3 is 0 Å². The fourth-order valence-electron chi connectivity index (χ4n) is 4.38. The van der Waals surface area contributed by atoms with Crippen LogP contribution in [0.1, 0.15) is 21.5 Å². The average molecular weight is 399 g/mol. The Balaban J connectivity index is 1.21. The van der Waals surface area contributed by atoms with E-state index in [-0.39, 0.29) is 5.91 Å². The van der Waals surface area contributed by atoms with Gasteiger partial charge in [-0.05, 0) is 41.8 Å². The smallest absolute Gasteiger partial charge is 0.255 e. The first-order valence-corrected chi connectivity index (χ1v) is 10.6. The van der Waals surface area contributed by atoms with Gasteiger partial charge in [0.2, 0.25) is 0 Å². The van der Waals surface area contributed by atoms with Gasteiger partial charge in [-0.25, -0.2) is 4.98 Å². The van der Waals surface area contributed by atoms with Crippen LogP contribution in [-0.2, 0) is 13.0 Å². The van der Waals surface area contributed by atoms with Crippen molar-refractivity contribution in [2.75, 3.05) is 42.5 Å². The summed E-state index contributed by atoms with van der Waals surface area (Å²) in [4.78, 5) is 24.2. The standard InChI is InChI=1S/C25H26N4O/c30-25(29-13-12-20-6-4-5-7-22(20)19-29)21-10-11-24(26-18-21)28-16-14-27(15-17-28)23-8-2-1-3-9-23/h1-11,18H,12-17,19H2. The van der Waals surface area contributed by atoms with E-state index in [1.54, 1.807) is 6.20 Å². The predicted octanol–water partition coefficient (Wildman–Crippen LogP) is 3.61. The number of hydrogen-bond donors (Lipinski definition) is 0. The van der Waals surface area contributed by atoms with Crippen molar-refractivity contribution in [3.8, 4) is 0 Å². The quantitative estimate of drug-likeness (QED) is 0.676. The Morgan fingerprint density at radius 2 is 1.43 bits per heavy atom. The zero-order chi connectivity index (χ0) is 20.3. The molecule has 3 aromatic rings. The van der Waals surface area contributed by atoms with Gasteiger partial charge < -0.3 is 14.7 Å². The Bertz CT molecular complexity index is 1010. The van der Waals surface area contributed by atoms with Gasteiger partial charge in [0, 0.05) is 51.2 Å². The molecule has 3 heterocycles. The van der Waals surface area contributed by atoms with Crippen molar-refractivity contribution < 1.29 is 4.79 Å². The van der Waals surface area contributed by atoms with Crippen LogP contribution < -0.4 is 9.80 Å². The Morgan fingerprint density at radius 3 is 2.17 bits per heavy atom. The average Bonchev–Trinajstić information content (AvgIpc) is 2.84. The van der Waals surface area contributed by atoms with E-state index in [0.29, 0.717) is 12.1 Å². The van der Waals surface area contributed by atoms with Crippen LogP contribution in [0.4, 0.5) is 11.5 Å². The highest BCUT2D eigenvalue weighted by Crippen LogP contribution is 2.22. The van der Waals surface area contributed by atoms with Crippen LogP contribution in [0.2, 0.25) is 0 Å². The Morgan fingerprint density at radius 1 is 0.733 bits per heavy atom. The van der Waals surface area contributed by atoms with Crippen molar-refractivity contribution in [2.45, 2.75) is 13.0 Å². The third kappa shape index (κ3) is 3.75. The molecule has 5 heteroatoms. The van der Waals surface area contributed by atoms with Gasteiger partial charge in [0.05, 0.1) is 5.56 Å². The number of para-hydroxylation sites is 1. The van der Waals surface area contributed by atoms with Gasteiger partial charge in [0.15, 0.2) is 0 Å². The number of carbonyl (C=O) groups is 1. The van der Waals surface area contributed by atoms with Crippen LogP contribution in [-0.4, -0.2) is 48.5 Å². The molecule has 0 spiro atoms. The van der Waals surface area contributed by atoms with E-state index in [4.69, 9.17) is 0 Å². The van der Waals surface area contributed by atoms with E-state index in [0.717, 1.165) is 45.0 Å². The molecule has 2 aromatic carbocycles. The highest BCUT2D eigenvalue weighted by molar-refractivity contribution is 5.94. The highest BCUT2D eigenvalue weighted by Gasteiger charge is 2.23. The van der Waals surface area contributed by atoms with Crippen molar-refractivity contribution in [1.29, 1.82) is 0 Å². The Hall–Kier alpha value is -3.34. The maximum atomic E-state index is 13.0. The van der Waals surface area contributed by atoms with Crippen LogP contribution >= 0.6 is 0 Å². The maximum Gasteiger partial charge on any atom is 0.255 e. The number of pyridine rings is 1. The van der Waals surface area contributed by atoms with Crippen LogP contribution in [0.5, 0.6) is 0 Å². The van der Waals surface area contributed by atoms with Gasteiger partial charge in [-0.3, -0.25) is 4.79 Å². The first kappa shape index (κ1) is 18.7. The molecule has 5 nitrogen and oxygen atoms in total. The summed E-state index contributed by atoms with van der Waals surface area (Å²) >= 11 is 0. The number of piperazine rings is 1. The maximum absolute atomic E-state index is 13.0. The topological polar surface area (TPSA) is 39.7 Å². The van der Waals surface area contributed by atoms with Gasteiger partial charge in [-0.1, -0.05) is 42.5 Å². The first-order valence-electron chi connectivity index (χ1n) is 10.6. The number of nitrogens with zero attached hydrogens (tertiary/aromatic N) is 4. The lowest BCUT2D eigenvalue weighted by molar-refractivity contribution is 0.0734. The van der Waals surface area contributed by atoms with E-state index < -0.39 is 0 Å². The van der Waals surface area contributed by atoms with E-state index in [1.807, 2.05) is 23.1 Å². The van der Waals surface area contributed by atoms with Crippen molar-refractivity contribution in [2.24, 2.45) is 0 Å². The molecule has 1 amide bonds. The molecule has 0 atom stereocenters. The normalized spacial score (nSPS) is 16.3. The number of fused-ring (bicyclic) bond motifs is 1. The van der Waals surface area contributed by atoms with E-state index in [1.165, 1.54) is 16.8 Å². The lowest BCUT2D eigenvalue weighted by Crippen LogP contribution is -2.46. The van der Waals surface area contributed by atoms with Crippen molar-refractivity contribution in [3.63, 3.8) is 0 Å². The van der Waals surface area contributed by atoms with Crippen LogP contribution in [0.25, 0.3) is 0 Å². The monoisotopic (exact) mass is 398 g/mol. The fourth-order valence-corrected chi connectivity index (χ4v) is 4.38. The number of benzene rings is 2. The molecule has 1 saturated heterocycles. The predicted molar refractivity (Wildman–Crippen MR) is 120 cm³/mol. The molecule has 0 unspecified atom stereocenters. The van der Waals surface area contributed by atoms with Crippen molar-refractivity contribution >= 4 is 17.4 Å². The van der Waals surface area contributed by atoms with E-state index in [2.05, 4.69) is 63.3 Å². The molecule has 152 valence electrons. The number of rotatable bonds is 3. The lowest BCUT2D eigenvalue weighted by atomic mass is 9.99. The summed E-state index contributed by atoms with van der Waals surface area (Å²) in [6, 6.07) is 22.8. The van der Waals surface area contributed by atoms with E-state index >= 15 is 0 Å². The molecule has 2 aliphatic rings. The zero-order valence-electron chi connectivity index (χ0n) is 17.1. The Labute approximate surface area is 177 Å². The molecular weight excluding hydrogens is 372 g/mol. The summed E-state index contributed by atoms with van der Waals surface area (Å²) in [7, 11) is 0. The van der Waals surface area contributed by atoms with E-state index in [9.17, 15) is 4.79 Å². The third-order valence-electron chi connectivity index (χ3n) is 6.14. The number of hydrogen-bond acceptors (Lipinski definition) is 4. The minimum absolute atomic E-state index is 0.0671. The molecule has 1 aromatic heterocycles. The molecule has 30 heavy (non-hydrogen) atoms. The van der Waals surface area contributed by atoms with Crippen molar-refractivity contribution in [3.05, 3.63) is 89.6 Å². The first-order chi connectivity index (χ1) is 14.8. The summed E-state index contributed by atoms with van der Waals surface area (Å²) in [6.45, 7) is 5.24. The summed E-state index contributed by atoms with van der Waals surface area (Å²) in [6.07, 6.45) is 2.65. The second kappa shape index (κ2) is 8.19. The lowest BCUT2D eigenvalue weighted by Gasteiger charge is -2.36. The summed E-state index contributed by atoms with van der Waals surface area (Å²) in [5.41, 5.74) is 4.54. The molecule has 5 rings (SSSR count). The molecule has 1 fully saturated rings. The van der Waals surface area contributed by atoms with Crippen molar-refractivity contribution in [1.82, 2.24) is 9.88 Å². The minimum Gasteiger partial charge on any atom is -0.368 e. The van der Waals surface area contributed by atoms with Crippen LogP contribution in [0.3, 0.4) is 0 Å². The van der Waals surface area contributed by atoms with Crippen LogP contribution in [0.15, 0.2) is 72.9 Å². The molecule has 0 N–H and O–H groups in total. The van der Waals surface area contributed by atoms with Gasteiger partial charge in [-0.2, -0.15) is 0 Å². The number of amides is 1. The molecular formula is C25H26N4O. The second-order valence-corrected chi connectivity index (χ2v) is 7.96. The zero-order valence-corrected chi connectivity index (χ0v) is 17.1. The molecule has 2 aliphatic heterocycles. The minimum atomic E-state index is 0.0671. The van der Waals surface area contributed by atoms with Gasteiger partial charge in [-0.15, -0.1) is 0 Å². The van der Waals surface area contributed by atoms with Gasteiger partial charge in [0.1, 0.15) is 5.82 Å². The fraction of sp³-hybridized carbons (Fsp3) is 0.280. The SMILES string of the molecule is O=C(c1ccc(N2CCN(c3ccccc3)CC2)nc1)N1CCc2ccccc2C1. The largest absolute Gasteiger partial charge is 0.368 e. The number of carbonyl (C=O) groups excluding carboxylic acids is 1. The molecule has 0 bridgehead atoms. The third-order valence-corrected chi connectivity index (χ3v) is 6.14. The second-order valence-electron chi connectivity index (χ2n) is 7.96. The molecule has 0 saturated carbocycles. The highest BCUT2D eigenvalue weighted by atomic mass is 16.2. The summed E-state index contributed by atoms with van der Waals surface area (Å²) < 4.78 is 0. The number of anilines is 2. The number of aromatic nitrogens is 1. The Kier molecular flexibility index (Phi) is 5.10. The summed E-state index contributed by atoms with van der Waals surface area (Å²) in [5, 5.41) is 0. The molecule has 0 radical (unpaired) electrons. The molecule has 0 aliphatic carbocycles. The van der Waals surface area contributed by atoms with Gasteiger partial charge in [0.25, 0.3) is 5.91 Å².